The molecule has 0 bridgehead atoms. The second kappa shape index (κ2) is 4.76. The van der Waals surface area contributed by atoms with Gasteiger partial charge in [-0.05, 0) is 11.6 Å². The Morgan fingerprint density at radius 1 is 1.44 bits per heavy atom. The van der Waals surface area contributed by atoms with E-state index >= 15 is 0 Å². The van der Waals surface area contributed by atoms with Crippen LogP contribution in [0.25, 0.3) is 0 Å². The lowest BCUT2D eigenvalue weighted by molar-refractivity contribution is 0.653. The topological polar surface area (TPSA) is 47.8 Å². The number of nitrogens with zero attached hydrogens (tertiary/aromatic N) is 3. The normalized spacial score (nSPS) is 12.6. The SMILES string of the molecule is C[S@](=O)c1nncn1Cc1ccccc1Cl. The Labute approximate surface area is 101 Å². The number of benzene rings is 1. The van der Waals surface area contributed by atoms with Crippen LogP contribution in [0.5, 0.6) is 0 Å². The zero-order valence-corrected chi connectivity index (χ0v) is 10.2. The summed E-state index contributed by atoms with van der Waals surface area (Å²) in [7, 11) is -1.14. The molecule has 0 amide bonds. The summed E-state index contributed by atoms with van der Waals surface area (Å²) in [5.41, 5.74) is 0.954. The maximum atomic E-state index is 11.4. The molecule has 1 aromatic carbocycles. The molecule has 0 aliphatic rings. The highest BCUT2D eigenvalue weighted by Crippen LogP contribution is 2.16. The Hall–Kier alpha value is -1.20. The van der Waals surface area contributed by atoms with Crippen molar-refractivity contribution in [3.05, 3.63) is 41.2 Å². The van der Waals surface area contributed by atoms with Crippen molar-refractivity contribution in [1.29, 1.82) is 0 Å². The Morgan fingerprint density at radius 2 is 2.19 bits per heavy atom. The minimum atomic E-state index is -1.14. The first-order valence-electron chi connectivity index (χ1n) is 4.63. The van der Waals surface area contributed by atoms with Crippen molar-refractivity contribution in [2.24, 2.45) is 0 Å². The van der Waals surface area contributed by atoms with Gasteiger partial charge in [0.1, 0.15) is 6.33 Å². The summed E-state index contributed by atoms with van der Waals surface area (Å²) in [5, 5.41) is 8.70. The molecule has 1 atom stereocenters. The minimum Gasteiger partial charge on any atom is -0.302 e. The summed E-state index contributed by atoms with van der Waals surface area (Å²) in [6, 6.07) is 7.53. The van der Waals surface area contributed by atoms with Crippen molar-refractivity contribution in [1.82, 2.24) is 14.8 Å². The second-order valence-corrected chi connectivity index (χ2v) is 4.97. The van der Waals surface area contributed by atoms with Crippen molar-refractivity contribution in [2.45, 2.75) is 11.7 Å². The predicted octanol–water partition coefficient (Wildman–Crippen LogP) is 1.72. The van der Waals surface area contributed by atoms with Gasteiger partial charge in [-0.2, -0.15) is 0 Å². The van der Waals surface area contributed by atoms with Crippen LogP contribution in [0.4, 0.5) is 0 Å². The van der Waals surface area contributed by atoms with Gasteiger partial charge in [0, 0.05) is 11.3 Å². The van der Waals surface area contributed by atoms with Gasteiger partial charge >= 0.3 is 0 Å². The molecule has 0 saturated heterocycles. The van der Waals surface area contributed by atoms with Crippen LogP contribution in [0.3, 0.4) is 0 Å². The molecule has 0 aliphatic heterocycles. The Kier molecular flexibility index (Phi) is 3.36. The molecule has 6 heteroatoms. The third kappa shape index (κ3) is 2.31. The summed E-state index contributed by atoms with van der Waals surface area (Å²) in [6.45, 7) is 0.529. The summed E-state index contributed by atoms with van der Waals surface area (Å²) in [6.07, 6.45) is 3.13. The highest BCUT2D eigenvalue weighted by atomic mass is 35.5. The van der Waals surface area contributed by atoms with E-state index in [1.807, 2.05) is 24.3 Å². The van der Waals surface area contributed by atoms with E-state index in [1.165, 1.54) is 0 Å². The summed E-state index contributed by atoms with van der Waals surface area (Å²) in [5.74, 6) is 0. The zero-order valence-electron chi connectivity index (χ0n) is 8.63. The van der Waals surface area contributed by atoms with E-state index in [9.17, 15) is 4.21 Å². The Balaban J connectivity index is 2.31. The van der Waals surface area contributed by atoms with Gasteiger partial charge in [0.15, 0.2) is 0 Å². The lowest BCUT2D eigenvalue weighted by Crippen LogP contribution is -2.05. The number of rotatable bonds is 3. The molecule has 0 unspecified atom stereocenters. The van der Waals surface area contributed by atoms with Crippen molar-refractivity contribution in [3.8, 4) is 0 Å². The second-order valence-electron chi connectivity index (χ2n) is 3.29. The Morgan fingerprint density at radius 3 is 2.88 bits per heavy atom. The summed E-state index contributed by atoms with van der Waals surface area (Å²) in [4.78, 5) is 0. The van der Waals surface area contributed by atoms with Crippen molar-refractivity contribution >= 4 is 22.4 Å². The van der Waals surface area contributed by atoms with Crippen LogP contribution in [0, 0.1) is 0 Å². The van der Waals surface area contributed by atoms with Gasteiger partial charge in [0.25, 0.3) is 0 Å². The van der Waals surface area contributed by atoms with Crippen LogP contribution in [0.1, 0.15) is 5.56 Å². The molecule has 0 N–H and O–H groups in total. The molecule has 0 aliphatic carbocycles. The number of halogens is 1. The molecule has 16 heavy (non-hydrogen) atoms. The molecule has 2 rings (SSSR count). The molecule has 1 heterocycles. The van der Waals surface area contributed by atoms with E-state index in [2.05, 4.69) is 10.2 Å². The number of hydrogen-bond acceptors (Lipinski definition) is 3. The maximum Gasteiger partial charge on any atom is 0.221 e. The van der Waals surface area contributed by atoms with Crippen LogP contribution < -0.4 is 0 Å². The third-order valence-corrected chi connectivity index (χ3v) is 3.33. The number of aromatic nitrogens is 3. The molecule has 4 nitrogen and oxygen atoms in total. The predicted molar refractivity (Wildman–Crippen MR) is 62.9 cm³/mol. The summed E-state index contributed by atoms with van der Waals surface area (Å²) >= 11 is 6.04. The van der Waals surface area contributed by atoms with E-state index in [4.69, 9.17) is 11.6 Å². The van der Waals surface area contributed by atoms with Gasteiger partial charge in [0.05, 0.1) is 17.3 Å². The fourth-order valence-corrected chi connectivity index (χ4v) is 2.19. The van der Waals surface area contributed by atoms with Gasteiger partial charge in [-0.1, -0.05) is 29.8 Å². The largest absolute Gasteiger partial charge is 0.302 e. The van der Waals surface area contributed by atoms with Gasteiger partial charge in [-0.15, -0.1) is 10.2 Å². The van der Waals surface area contributed by atoms with Crippen LogP contribution in [0.2, 0.25) is 5.02 Å². The molecular weight excluding hydrogens is 246 g/mol. The molecule has 0 spiro atoms. The standard InChI is InChI=1S/C10H10ClN3OS/c1-16(15)10-13-12-7-14(10)6-8-4-2-3-5-9(8)11/h2-5,7H,6H2,1H3/t16-/m0/s1. The molecular formula is C10H10ClN3OS. The fraction of sp³-hybridized carbons (Fsp3) is 0.200. The van der Waals surface area contributed by atoms with E-state index in [1.54, 1.807) is 17.2 Å². The third-order valence-electron chi connectivity index (χ3n) is 2.14. The first kappa shape index (κ1) is 11.3. The maximum absolute atomic E-state index is 11.4. The van der Waals surface area contributed by atoms with Crippen LogP contribution >= 0.6 is 11.6 Å². The van der Waals surface area contributed by atoms with E-state index in [0.717, 1.165) is 5.56 Å². The van der Waals surface area contributed by atoms with E-state index in [0.29, 0.717) is 16.7 Å². The average molecular weight is 256 g/mol. The smallest absolute Gasteiger partial charge is 0.221 e. The monoisotopic (exact) mass is 255 g/mol. The van der Waals surface area contributed by atoms with E-state index < -0.39 is 10.8 Å². The number of hydrogen-bond donors (Lipinski definition) is 0. The first-order valence-corrected chi connectivity index (χ1v) is 6.56. The van der Waals surface area contributed by atoms with Gasteiger partial charge in [-0.3, -0.25) is 4.21 Å². The summed E-state index contributed by atoms with van der Waals surface area (Å²) < 4.78 is 13.1. The molecule has 2 aromatic rings. The quantitative estimate of drug-likeness (QED) is 0.839. The zero-order chi connectivity index (χ0) is 11.5. The van der Waals surface area contributed by atoms with Crippen molar-refractivity contribution in [2.75, 3.05) is 6.26 Å². The molecule has 84 valence electrons. The van der Waals surface area contributed by atoms with Gasteiger partial charge < -0.3 is 4.57 Å². The first-order chi connectivity index (χ1) is 7.68. The van der Waals surface area contributed by atoms with Gasteiger partial charge in [-0.25, -0.2) is 0 Å². The molecule has 0 fully saturated rings. The fourth-order valence-electron chi connectivity index (χ4n) is 1.39. The van der Waals surface area contributed by atoms with Crippen LogP contribution in [-0.2, 0) is 17.3 Å². The highest BCUT2D eigenvalue weighted by Gasteiger charge is 2.09. The lowest BCUT2D eigenvalue weighted by Gasteiger charge is -2.06. The van der Waals surface area contributed by atoms with Crippen LogP contribution in [0.15, 0.2) is 35.7 Å². The van der Waals surface area contributed by atoms with Crippen molar-refractivity contribution < 1.29 is 4.21 Å². The van der Waals surface area contributed by atoms with Crippen LogP contribution in [-0.4, -0.2) is 25.2 Å². The van der Waals surface area contributed by atoms with Gasteiger partial charge in [0.2, 0.25) is 5.16 Å². The Bertz CT molecular complexity index is 526. The molecule has 0 saturated carbocycles. The lowest BCUT2D eigenvalue weighted by atomic mass is 10.2. The molecule has 1 aromatic heterocycles. The molecule has 0 radical (unpaired) electrons. The highest BCUT2D eigenvalue weighted by molar-refractivity contribution is 7.84. The van der Waals surface area contributed by atoms with E-state index in [-0.39, 0.29) is 0 Å². The average Bonchev–Trinajstić information content (AvgIpc) is 2.69. The van der Waals surface area contributed by atoms with Crippen molar-refractivity contribution in [3.63, 3.8) is 0 Å². The minimum absolute atomic E-state index is 0.458.